The van der Waals surface area contributed by atoms with E-state index in [-0.39, 0.29) is 17.7 Å². The third kappa shape index (κ3) is 4.53. The molecule has 7 nitrogen and oxygen atoms in total. The average Bonchev–Trinajstić information content (AvgIpc) is 3.29. The number of piperazine rings is 1. The summed E-state index contributed by atoms with van der Waals surface area (Å²) in [6.45, 7) is 10.8. The molecule has 1 aliphatic heterocycles. The van der Waals surface area contributed by atoms with Crippen LogP contribution >= 0.6 is 0 Å². The third-order valence-electron chi connectivity index (χ3n) is 6.18. The minimum atomic E-state index is -0.128. The number of phenolic OH excluding ortho intramolecular Hbond substituents is 1. The number of nitrogens with zero attached hydrogens (tertiary/aromatic N) is 4. The molecule has 1 N–H and O–H groups in total. The SMILES string of the molecule is Cc1ccc(-c2noc(C(C)N3CCN(C(=O)c4cc(C(C)C)ccc4O)CC3)n2)cc1. The molecule has 1 aliphatic rings. The molecule has 1 unspecified atom stereocenters. The molecule has 4 rings (SSSR count). The van der Waals surface area contributed by atoms with Crippen molar-refractivity contribution in [1.29, 1.82) is 0 Å². The first-order valence-corrected chi connectivity index (χ1v) is 11.1. The number of carbonyl (C=O) groups excluding carboxylic acids is 1. The smallest absolute Gasteiger partial charge is 0.257 e. The van der Waals surface area contributed by atoms with Gasteiger partial charge >= 0.3 is 0 Å². The fourth-order valence-electron chi connectivity index (χ4n) is 3.95. The van der Waals surface area contributed by atoms with E-state index in [2.05, 4.69) is 28.9 Å². The molecule has 0 spiro atoms. The fraction of sp³-hybridized carbons (Fsp3) is 0.400. The molecule has 1 atom stereocenters. The highest BCUT2D eigenvalue weighted by Gasteiger charge is 2.29. The maximum atomic E-state index is 13.0. The van der Waals surface area contributed by atoms with Gasteiger partial charge < -0.3 is 14.5 Å². The highest BCUT2D eigenvalue weighted by molar-refractivity contribution is 5.97. The first-order valence-electron chi connectivity index (χ1n) is 11.1. The van der Waals surface area contributed by atoms with Gasteiger partial charge in [0.1, 0.15) is 5.75 Å². The molecular formula is C25H30N4O3. The molecule has 3 aromatic rings. The minimum absolute atomic E-state index is 0.0321. The molecule has 2 aromatic carbocycles. The van der Waals surface area contributed by atoms with Crippen LogP contribution in [0, 0.1) is 6.92 Å². The lowest BCUT2D eigenvalue weighted by molar-refractivity contribution is 0.0549. The number of phenols is 1. The van der Waals surface area contributed by atoms with Crippen LogP contribution in [0.2, 0.25) is 0 Å². The highest BCUT2D eigenvalue weighted by Crippen LogP contribution is 2.27. The standard InChI is InChI=1S/C25H30N4O3/c1-16(2)20-9-10-22(30)21(15-20)25(31)29-13-11-28(12-14-29)18(4)24-26-23(27-32-24)19-7-5-17(3)6-8-19/h5-10,15-16,18,30H,11-14H2,1-4H3. The molecule has 1 saturated heterocycles. The maximum Gasteiger partial charge on any atom is 0.257 e. The molecule has 32 heavy (non-hydrogen) atoms. The molecule has 1 amide bonds. The molecule has 0 bridgehead atoms. The topological polar surface area (TPSA) is 82.7 Å². The highest BCUT2D eigenvalue weighted by atomic mass is 16.5. The van der Waals surface area contributed by atoms with E-state index in [1.807, 2.05) is 50.2 Å². The lowest BCUT2D eigenvalue weighted by Gasteiger charge is -2.37. The molecule has 0 radical (unpaired) electrons. The number of hydrogen-bond acceptors (Lipinski definition) is 6. The van der Waals surface area contributed by atoms with Crippen LogP contribution in [0.25, 0.3) is 11.4 Å². The van der Waals surface area contributed by atoms with Crippen molar-refractivity contribution in [3.05, 3.63) is 65.0 Å². The second kappa shape index (κ2) is 9.12. The summed E-state index contributed by atoms with van der Waals surface area (Å²) in [6.07, 6.45) is 0. The van der Waals surface area contributed by atoms with Gasteiger partial charge in [-0.1, -0.05) is 54.9 Å². The van der Waals surface area contributed by atoms with Gasteiger partial charge in [0, 0.05) is 31.7 Å². The van der Waals surface area contributed by atoms with Crippen LogP contribution in [-0.4, -0.2) is 57.1 Å². The molecule has 168 valence electrons. The molecule has 1 aromatic heterocycles. The summed E-state index contributed by atoms with van der Waals surface area (Å²) in [5.74, 6) is 1.35. The van der Waals surface area contributed by atoms with Crippen molar-refractivity contribution in [2.75, 3.05) is 26.2 Å². The number of benzene rings is 2. The largest absolute Gasteiger partial charge is 0.507 e. The number of aromatic hydroxyl groups is 1. The zero-order chi connectivity index (χ0) is 22.8. The van der Waals surface area contributed by atoms with Crippen LogP contribution in [0.4, 0.5) is 0 Å². The van der Waals surface area contributed by atoms with E-state index in [1.165, 1.54) is 5.56 Å². The lowest BCUT2D eigenvalue weighted by Crippen LogP contribution is -2.49. The first kappa shape index (κ1) is 22.0. The van der Waals surface area contributed by atoms with E-state index in [0.29, 0.717) is 49.4 Å². The van der Waals surface area contributed by atoms with Crippen LogP contribution in [0.15, 0.2) is 47.0 Å². The molecule has 2 heterocycles. The van der Waals surface area contributed by atoms with Crippen LogP contribution < -0.4 is 0 Å². The van der Waals surface area contributed by atoms with Crippen molar-refractivity contribution in [3.63, 3.8) is 0 Å². The number of aromatic nitrogens is 2. The van der Waals surface area contributed by atoms with E-state index in [1.54, 1.807) is 11.0 Å². The Balaban J connectivity index is 1.40. The van der Waals surface area contributed by atoms with Gasteiger partial charge in [0.15, 0.2) is 0 Å². The molecule has 1 fully saturated rings. The molecular weight excluding hydrogens is 404 g/mol. The van der Waals surface area contributed by atoms with Crippen LogP contribution in [-0.2, 0) is 0 Å². The summed E-state index contributed by atoms with van der Waals surface area (Å²) in [5, 5.41) is 14.4. The Morgan fingerprint density at radius 2 is 1.72 bits per heavy atom. The van der Waals surface area contributed by atoms with Gasteiger partial charge in [0.25, 0.3) is 5.91 Å². The van der Waals surface area contributed by atoms with Crippen molar-refractivity contribution >= 4 is 5.91 Å². The van der Waals surface area contributed by atoms with Gasteiger partial charge in [-0.05, 0) is 37.5 Å². The van der Waals surface area contributed by atoms with Gasteiger partial charge in [-0.25, -0.2) is 0 Å². The summed E-state index contributed by atoms with van der Waals surface area (Å²) in [7, 11) is 0. The zero-order valence-corrected chi connectivity index (χ0v) is 19.1. The molecule has 0 aliphatic carbocycles. The van der Waals surface area contributed by atoms with Gasteiger partial charge in [-0.3, -0.25) is 9.69 Å². The van der Waals surface area contributed by atoms with Crippen molar-refractivity contribution < 1.29 is 14.4 Å². The second-order valence-corrected chi connectivity index (χ2v) is 8.76. The summed E-state index contributed by atoms with van der Waals surface area (Å²) < 4.78 is 5.54. The van der Waals surface area contributed by atoms with Crippen LogP contribution in [0.5, 0.6) is 5.75 Å². The number of carbonyl (C=O) groups is 1. The van der Waals surface area contributed by atoms with Crippen molar-refractivity contribution in [1.82, 2.24) is 19.9 Å². The predicted octanol–water partition coefficient (Wildman–Crippen LogP) is 4.39. The lowest BCUT2D eigenvalue weighted by atomic mass is 9.99. The zero-order valence-electron chi connectivity index (χ0n) is 19.1. The summed E-state index contributed by atoms with van der Waals surface area (Å²) in [4.78, 5) is 21.7. The van der Waals surface area contributed by atoms with Crippen molar-refractivity contribution in [3.8, 4) is 17.1 Å². The number of rotatable bonds is 5. The van der Waals surface area contributed by atoms with E-state index in [0.717, 1.165) is 11.1 Å². The number of amides is 1. The van der Waals surface area contributed by atoms with Gasteiger partial charge in [0.2, 0.25) is 11.7 Å². The second-order valence-electron chi connectivity index (χ2n) is 8.76. The Morgan fingerprint density at radius 3 is 2.38 bits per heavy atom. The third-order valence-corrected chi connectivity index (χ3v) is 6.18. The van der Waals surface area contributed by atoms with Gasteiger partial charge in [-0.2, -0.15) is 4.98 Å². The van der Waals surface area contributed by atoms with Gasteiger partial charge in [0.05, 0.1) is 11.6 Å². The predicted molar refractivity (Wildman–Crippen MR) is 123 cm³/mol. The first-order chi connectivity index (χ1) is 15.3. The average molecular weight is 435 g/mol. The van der Waals surface area contributed by atoms with Crippen molar-refractivity contribution in [2.24, 2.45) is 0 Å². The Hall–Kier alpha value is -3.19. The number of aryl methyl sites for hydroxylation is 1. The minimum Gasteiger partial charge on any atom is -0.507 e. The normalized spacial score (nSPS) is 15.8. The summed E-state index contributed by atoms with van der Waals surface area (Å²) in [5.41, 5.74) is 3.52. The van der Waals surface area contributed by atoms with Crippen LogP contribution in [0.3, 0.4) is 0 Å². The van der Waals surface area contributed by atoms with E-state index >= 15 is 0 Å². The fourth-order valence-corrected chi connectivity index (χ4v) is 3.95. The Bertz CT molecular complexity index is 1080. The monoisotopic (exact) mass is 434 g/mol. The van der Waals surface area contributed by atoms with E-state index in [9.17, 15) is 9.90 Å². The molecule has 7 heteroatoms. The number of hydrogen-bond donors (Lipinski definition) is 1. The Labute approximate surface area is 188 Å². The Morgan fingerprint density at radius 1 is 1.03 bits per heavy atom. The summed E-state index contributed by atoms with van der Waals surface area (Å²) in [6, 6.07) is 13.3. The summed E-state index contributed by atoms with van der Waals surface area (Å²) >= 11 is 0. The Kier molecular flexibility index (Phi) is 6.28. The van der Waals surface area contributed by atoms with E-state index in [4.69, 9.17) is 4.52 Å². The van der Waals surface area contributed by atoms with Gasteiger partial charge in [-0.15, -0.1) is 0 Å². The van der Waals surface area contributed by atoms with Crippen molar-refractivity contribution in [2.45, 2.75) is 39.7 Å². The maximum absolute atomic E-state index is 13.0. The van der Waals surface area contributed by atoms with Crippen LogP contribution in [0.1, 0.15) is 60.1 Å². The van der Waals surface area contributed by atoms with E-state index < -0.39 is 0 Å². The quantitative estimate of drug-likeness (QED) is 0.641. The molecule has 0 saturated carbocycles.